The van der Waals surface area contributed by atoms with Crippen LogP contribution in [0.15, 0.2) is 24.3 Å². The Balaban J connectivity index is 1.86. The highest BCUT2D eigenvalue weighted by atomic mass is 32.1. The molecule has 0 aliphatic rings. The number of nitrogens with zero attached hydrogens (tertiary/aromatic N) is 3. The molecule has 0 atom stereocenters. The molecule has 0 aliphatic heterocycles. The number of benzene rings is 1. The van der Waals surface area contributed by atoms with Gasteiger partial charge in [0.1, 0.15) is 10.6 Å². The SMILES string of the molecule is CCCCc1c(C)nn(-c2nc(C)c(C(=O)Nc3cccc(OC)c3)s2)c1C. The fraction of sp³-hybridized carbons (Fsp3) is 0.381. The summed E-state index contributed by atoms with van der Waals surface area (Å²) < 4.78 is 7.07. The summed E-state index contributed by atoms with van der Waals surface area (Å²) in [7, 11) is 1.60. The maximum Gasteiger partial charge on any atom is 0.267 e. The minimum Gasteiger partial charge on any atom is -0.497 e. The molecule has 0 aliphatic carbocycles. The lowest BCUT2D eigenvalue weighted by atomic mass is 10.1. The molecule has 1 N–H and O–H groups in total. The van der Waals surface area contributed by atoms with Crippen molar-refractivity contribution in [2.24, 2.45) is 0 Å². The van der Waals surface area contributed by atoms with Crippen molar-refractivity contribution in [3.63, 3.8) is 0 Å². The Labute approximate surface area is 169 Å². The summed E-state index contributed by atoms with van der Waals surface area (Å²) in [6.45, 7) is 8.14. The van der Waals surface area contributed by atoms with Crippen LogP contribution in [0.4, 0.5) is 5.69 Å². The van der Waals surface area contributed by atoms with Crippen LogP contribution < -0.4 is 10.1 Å². The van der Waals surface area contributed by atoms with Gasteiger partial charge < -0.3 is 10.1 Å². The molecule has 28 heavy (non-hydrogen) atoms. The summed E-state index contributed by atoms with van der Waals surface area (Å²) in [6.07, 6.45) is 3.30. The second kappa shape index (κ2) is 8.56. The number of methoxy groups -OCH3 is 1. The smallest absolute Gasteiger partial charge is 0.267 e. The number of carbonyl (C=O) groups is 1. The molecule has 0 saturated heterocycles. The molecule has 1 aromatic carbocycles. The first-order chi connectivity index (χ1) is 13.4. The Bertz CT molecular complexity index is 990. The lowest BCUT2D eigenvalue weighted by molar-refractivity contribution is 0.103. The van der Waals surface area contributed by atoms with Crippen LogP contribution in [0.2, 0.25) is 0 Å². The van der Waals surface area contributed by atoms with Crippen molar-refractivity contribution >= 4 is 22.9 Å². The minimum absolute atomic E-state index is 0.178. The number of hydrogen-bond acceptors (Lipinski definition) is 5. The highest BCUT2D eigenvalue weighted by Crippen LogP contribution is 2.27. The molecule has 6 nitrogen and oxygen atoms in total. The van der Waals surface area contributed by atoms with Crippen LogP contribution >= 0.6 is 11.3 Å². The van der Waals surface area contributed by atoms with E-state index in [1.807, 2.05) is 36.7 Å². The van der Waals surface area contributed by atoms with E-state index >= 15 is 0 Å². The number of carbonyl (C=O) groups excluding carboxylic acids is 1. The van der Waals surface area contributed by atoms with Crippen LogP contribution in [0.5, 0.6) is 5.75 Å². The Morgan fingerprint density at radius 1 is 1.25 bits per heavy atom. The van der Waals surface area contributed by atoms with Crippen molar-refractivity contribution in [2.75, 3.05) is 12.4 Å². The number of thiazole rings is 1. The normalized spacial score (nSPS) is 10.9. The second-order valence-electron chi connectivity index (χ2n) is 6.76. The number of ether oxygens (including phenoxy) is 1. The van der Waals surface area contributed by atoms with E-state index in [1.165, 1.54) is 16.9 Å². The predicted molar refractivity (Wildman–Crippen MR) is 113 cm³/mol. The van der Waals surface area contributed by atoms with Gasteiger partial charge in [0.05, 0.1) is 18.5 Å². The number of amides is 1. The van der Waals surface area contributed by atoms with E-state index < -0.39 is 0 Å². The number of nitrogens with one attached hydrogen (secondary N) is 1. The molecular weight excluding hydrogens is 372 g/mol. The van der Waals surface area contributed by atoms with Crippen molar-refractivity contribution in [2.45, 2.75) is 47.0 Å². The van der Waals surface area contributed by atoms with Crippen molar-refractivity contribution in [1.82, 2.24) is 14.8 Å². The van der Waals surface area contributed by atoms with E-state index in [-0.39, 0.29) is 5.91 Å². The van der Waals surface area contributed by atoms with Gasteiger partial charge in [-0.3, -0.25) is 4.79 Å². The van der Waals surface area contributed by atoms with Gasteiger partial charge in [-0.15, -0.1) is 0 Å². The van der Waals surface area contributed by atoms with Gasteiger partial charge in [0.25, 0.3) is 5.91 Å². The summed E-state index contributed by atoms with van der Waals surface area (Å²) in [5.74, 6) is 0.518. The van der Waals surface area contributed by atoms with Crippen molar-refractivity contribution in [1.29, 1.82) is 0 Å². The first-order valence-electron chi connectivity index (χ1n) is 9.42. The molecule has 0 unspecified atom stereocenters. The van der Waals surface area contributed by atoms with E-state index in [9.17, 15) is 4.79 Å². The molecule has 2 heterocycles. The largest absolute Gasteiger partial charge is 0.497 e. The molecule has 7 heteroatoms. The van der Waals surface area contributed by atoms with Gasteiger partial charge in [-0.05, 0) is 51.3 Å². The van der Waals surface area contributed by atoms with E-state index in [2.05, 4.69) is 29.2 Å². The summed E-state index contributed by atoms with van der Waals surface area (Å²) >= 11 is 1.36. The molecule has 0 bridgehead atoms. The second-order valence-corrected chi connectivity index (χ2v) is 7.74. The van der Waals surface area contributed by atoms with Gasteiger partial charge in [-0.25, -0.2) is 9.67 Å². The lowest BCUT2D eigenvalue weighted by Crippen LogP contribution is -2.11. The van der Waals surface area contributed by atoms with Gasteiger partial charge in [-0.2, -0.15) is 5.10 Å². The number of anilines is 1. The van der Waals surface area contributed by atoms with Crippen LogP contribution in [0.25, 0.3) is 5.13 Å². The topological polar surface area (TPSA) is 69.0 Å². The number of aryl methyl sites for hydroxylation is 2. The van der Waals surface area contributed by atoms with E-state index in [0.29, 0.717) is 22.0 Å². The Kier molecular flexibility index (Phi) is 6.14. The van der Waals surface area contributed by atoms with Crippen LogP contribution in [0.3, 0.4) is 0 Å². The third-order valence-corrected chi connectivity index (χ3v) is 5.85. The first-order valence-corrected chi connectivity index (χ1v) is 10.2. The molecule has 2 aromatic heterocycles. The number of aromatic nitrogens is 3. The van der Waals surface area contributed by atoms with E-state index in [4.69, 9.17) is 4.74 Å². The summed E-state index contributed by atoms with van der Waals surface area (Å²) in [4.78, 5) is 18.0. The average Bonchev–Trinajstić information content (AvgIpc) is 3.20. The van der Waals surface area contributed by atoms with Crippen LogP contribution in [-0.4, -0.2) is 27.8 Å². The lowest BCUT2D eigenvalue weighted by Gasteiger charge is -2.06. The van der Waals surface area contributed by atoms with Crippen molar-refractivity contribution in [3.8, 4) is 10.9 Å². The Hall–Kier alpha value is -2.67. The zero-order chi connectivity index (χ0) is 20.3. The zero-order valence-corrected chi connectivity index (χ0v) is 17.8. The van der Waals surface area contributed by atoms with Crippen LogP contribution in [0, 0.1) is 20.8 Å². The van der Waals surface area contributed by atoms with Crippen molar-refractivity contribution < 1.29 is 9.53 Å². The first kappa shape index (κ1) is 20.1. The molecule has 0 fully saturated rings. The van der Waals surface area contributed by atoms with Gasteiger partial charge in [0.15, 0.2) is 0 Å². The predicted octanol–water partition coefficient (Wildman–Crippen LogP) is 4.86. The number of hydrogen-bond donors (Lipinski definition) is 1. The molecule has 0 saturated carbocycles. The van der Waals surface area contributed by atoms with E-state index in [0.717, 1.165) is 35.8 Å². The Morgan fingerprint density at radius 3 is 2.75 bits per heavy atom. The minimum atomic E-state index is -0.178. The quantitative estimate of drug-likeness (QED) is 0.617. The molecule has 0 spiro atoms. The fourth-order valence-corrected chi connectivity index (χ4v) is 4.12. The van der Waals surface area contributed by atoms with E-state index in [1.54, 1.807) is 13.2 Å². The monoisotopic (exact) mass is 398 g/mol. The molecule has 3 aromatic rings. The third-order valence-electron chi connectivity index (χ3n) is 4.72. The van der Waals surface area contributed by atoms with Gasteiger partial charge in [-0.1, -0.05) is 30.7 Å². The number of rotatable bonds is 7. The fourth-order valence-electron chi connectivity index (χ4n) is 3.15. The van der Waals surface area contributed by atoms with Gasteiger partial charge >= 0.3 is 0 Å². The Morgan fingerprint density at radius 2 is 2.04 bits per heavy atom. The molecule has 0 radical (unpaired) electrons. The third kappa shape index (κ3) is 4.09. The van der Waals surface area contributed by atoms with Crippen LogP contribution in [-0.2, 0) is 6.42 Å². The zero-order valence-electron chi connectivity index (χ0n) is 17.0. The van der Waals surface area contributed by atoms with Gasteiger partial charge in [0, 0.05) is 17.4 Å². The summed E-state index contributed by atoms with van der Waals surface area (Å²) in [5.41, 5.74) is 4.78. The maximum atomic E-state index is 12.8. The standard InChI is InChI=1S/C21H26N4O2S/c1-6-7-11-18-13(2)24-25(15(18)4)21-22-14(3)19(28-21)20(26)23-16-9-8-10-17(12-16)27-5/h8-10,12H,6-7,11H2,1-5H3,(H,23,26). The highest BCUT2D eigenvalue weighted by Gasteiger charge is 2.20. The average molecular weight is 399 g/mol. The number of unbranched alkanes of at least 4 members (excludes halogenated alkanes) is 1. The maximum absolute atomic E-state index is 12.8. The summed E-state index contributed by atoms with van der Waals surface area (Å²) in [5, 5.41) is 8.31. The molecule has 1 amide bonds. The van der Waals surface area contributed by atoms with Gasteiger partial charge in [0.2, 0.25) is 5.13 Å². The molecule has 148 valence electrons. The summed E-state index contributed by atoms with van der Waals surface area (Å²) in [6, 6.07) is 7.30. The highest BCUT2D eigenvalue weighted by molar-refractivity contribution is 7.16. The molecular formula is C21H26N4O2S. The van der Waals surface area contributed by atoms with Crippen LogP contribution in [0.1, 0.15) is 52.1 Å². The molecule has 3 rings (SSSR count). The van der Waals surface area contributed by atoms with Crippen molar-refractivity contribution in [3.05, 3.63) is 51.8 Å².